The van der Waals surface area contributed by atoms with Gasteiger partial charge in [0.15, 0.2) is 5.82 Å². The molecule has 0 aliphatic heterocycles. The number of aromatic carboxylic acids is 1. The minimum atomic E-state index is -1.00. The van der Waals surface area contributed by atoms with Crippen LogP contribution in [0.15, 0.2) is 29.9 Å². The van der Waals surface area contributed by atoms with Gasteiger partial charge in [0, 0.05) is 18.0 Å². The van der Waals surface area contributed by atoms with E-state index in [2.05, 4.69) is 15.0 Å². The van der Waals surface area contributed by atoms with Gasteiger partial charge < -0.3 is 5.11 Å². The predicted octanol–water partition coefficient (Wildman–Crippen LogP) is 3.57. The number of carboxylic acid groups (broad SMARTS) is 1. The number of hydrogen-bond donors (Lipinski definition) is 1. The van der Waals surface area contributed by atoms with Crippen LogP contribution in [0.2, 0.25) is 0 Å². The number of pyridine rings is 1. The smallest absolute Gasteiger partial charge is 0.339 e. The summed E-state index contributed by atoms with van der Waals surface area (Å²) >= 11 is 1.60. The molecule has 0 atom stereocenters. The number of thiophene rings is 1. The molecule has 3 heterocycles. The van der Waals surface area contributed by atoms with Crippen LogP contribution in [-0.4, -0.2) is 26.0 Å². The summed E-state index contributed by atoms with van der Waals surface area (Å²) in [5.74, 6) is -0.486. The molecule has 0 bridgehead atoms. The zero-order valence-corrected chi connectivity index (χ0v) is 12.4. The molecule has 3 rings (SSSR count). The number of fused-ring (bicyclic) bond motifs is 1. The number of rotatable bonds is 3. The molecule has 3 aromatic heterocycles. The minimum Gasteiger partial charge on any atom is -0.478 e. The molecule has 1 N–H and O–H groups in total. The molecule has 0 aliphatic rings. The van der Waals surface area contributed by atoms with Crippen molar-refractivity contribution in [3.05, 3.63) is 41.2 Å². The summed E-state index contributed by atoms with van der Waals surface area (Å²) in [6, 6.07) is 3.94. The Morgan fingerprint density at radius 2 is 2.10 bits per heavy atom. The van der Waals surface area contributed by atoms with E-state index in [1.807, 2.05) is 31.4 Å². The van der Waals surface area contributed by atoms with Gasteiger partial charge >= 0.3 is 5.97 Å². The van der Waals surface area contributed by atoms with Crippen LogP contribution >= 0.6 is 11.3 Å². The lowest BCUT2D eigenvalue weighted by molar-refractivity contribution is 0.0694. The van der Waals surface area contributed by atoms with Crippen molar-refractivity contribution in [2.45, 2.75) is 19.8 Å². The SMILES string of the molecule is CC(C)c1nc(-c2cnc3ccsc3c2)ncc1C(=O)O. The Bertz CT molecular complexity index is 827. The molecule has 0 spiro atoms. The summed E-state index contributed by atoms with van der Waals surface area (Å²) in [6.07, 6.45) is 3.09. The van der Waals surface area contributed by atoms with Gasteiger partial charge in [-0.1, -0.05) is 13.8 Å². The summed E-state index contributed by atoms with van der Waals surface area (Å²) in [6.45, 7) is 3.83. The second kappa shape index (κ2) is 5.21. The highest BCUT2D eigenvalue weighted by molar-refractivity contribution is 7.17. The van der Waals surface area contributed by atoms with E-state index < -0.39 is 5.97 Å². The van der Waals surface area contributed by atoms with Crippen molar-refractivity contribution < 1.29 is 9.90 Å². The molecule has 0 aromatic carbocycles. The molecule has 0 aliphatic carbocycles. The van der Waals surface area contributed by atoms with Crippen molar-refractivity contribution in [1.29, 1.82) is 0 Å². The molecule has 21 heavy (non-hydrogen) atoms. The molecule has 0 saturated heterocycles. The number of carbonyl (C=O) groups is 1. The van der Waals surface area contributed by atoms with E-state index >= 15 is 0 Å². The fraction of sp³-hybridized carbons (Fsp3) is 0.200. The Hall–Kier alpha value is -2.34. The van der Waals surface area contributed by atoms with E-state index in [0.29, 0.717) is 11.5 Å². The quantitative estimate of drug-likeness (QED) is 0.800. The second-order valence-corrected chi connectivity index (χ2v) is 5.93. The van der Waals surface area contributed by atoms with Gasteiger partial charge in [0.05, 0.1) is 21.5 Å². The summed E-state index contributed by atoms with van der Waals surface area (Å²) < 4.78 is 1.06. The topological polar surface area (TPSA) is 76.0 Å². The van der Waals surface area contributed by atoms with Crippen LogP contribution in [-0.2, 0) is 0 Å². The Kier molecular flexibility index (Phi) is 3.39. The average Bonchev–Trinajstić information content (AvgIpc) is 2.93. The number of nitrogens with zero attached hydrogens (tertiary/aromatic N) is 3. The molecule has 0 saturated carbocycles. The summed E-state index contributed by atoms with van der Waals surface area (Å²) in [4.78, 5) is 24.2. The van der Waals surface area contributed by atoms with Crippen molar-refractivity contribution in [3.63, 3.8) is 0 Å². The van der Waals surface area contributed by atoms with Crippen LogP contribution in [0.1, 0.15) is 35.8 Å². The lowest BCUT2D eigenvalue weighted by atomic mass is 10.0. The summed E-state index contributed by atoms with van der Waals surface area (Å²) in [5.41, 5.74) is 2.43. The van der Waals surface area contributed by atoms with Crippen LogP contribution in [0.4, 0.5) is 0 Å². The monoisotopic (exact) mass is 299 g/mol. The molecule has 0 unspecified atom stereocenters. The van der Waals surface area contributed by atoms with Gasteiger partial charge in [-0.25, -0.2) is 14.8 Å². The van der Waals surface area contributed by atoms with E-state index in [4.69, 9.17) is 0 Å². The highest BCUT2D eigenvalue weighted by atomic mass is 32.1. The van der Waals surface area contributed by atoms with E-state index in [9.17, 15) is 9.90 Å². The Morgan fingerprint density at radius 1 is 1.29 bits per heavy atom. The standard InChI is InChI=1S/C15H13N3O2S/c1-8(2)13-10(15(19)20)7-17-14(18-13)9-5-12-11(16-6-9)3-4-21-12/h3-8H,1-2H3,(H,19,20). The first-order valence-corrected chi connectivity index (χ1v) is 7.38. The fourth-order valence-corrected chi connectivity index (χ4v) is 2.89. The van der Waals surface area contributed by atoms with Gasteiger partial charge in [-0.15, -0.1) is 11.3 Å². The highest BCUT2D eigenvalue weighted by Gasteiger charge is 2.17. The Morgan fingerprint density at radius 3 is 2.81 bits per heavy atom. The Labute approximate surface area is 125 Å². The van der Waals surface area contributed by atoms with Crippen molar-refractivity contribution in [2.24, 2.45) is 0 Å². The summed E-state index contributed by atoms with van der Waals surface area (Å²) in [7, 11) is 0. The molecule has 0 radical (unpaired) electrons. The minimum absolute atomic E-state index is 0.0104. The van der Waals surface area contributed by atoms with Crippen LogP contribution < -0.4 is 0 Å². The molecular formula is C15H13N3O2S. The maximum atomic E-state index is 11.2. The molecule has 6 heteroatoms. The van der Waals surface area contributed by atoms with Crippen molar-refractivity contribution >= 4 is 27.5 Å². The third-order valence-electron chi connectivity index (χ3n) is 3.16. The second-order valence-electron chi connectivity index (χ2n) is 4.98. The number of carboxylic acids is 1. The lowest BCUT2D eigenvalue weighted by Gasteiger charge is -2.10. The molecule has 106 valence electrons. The summed E-state index contributed by atoms with van der Waals surface area (Å²) in [5, 5.41) is 11.2. The van der Waals surface area contributed by atoms with Crippen molar-refractivity contribution in [3.8, 4) is 11.4 Å². The Balaban J connectivity index is 2.13. The third kappa shape index (κ3) is 2.50. The maximum Gasteiger partial charge on any atom is 0.339 e. The molecule has 5 nitrogen and oxygen atoms in total. The average molecular weight is 299 g/mol. The third-order valence-corrected chi connectivity index (χ3v) is 4.01. The van der Waals surface area contributed by atoms with Crippen molar-refractivity contribution in [2.75, 3.05) is 0 Å². The van der Waals surface area contributed by atoms with Crippen LogP contribution in [0, 0.1) is 0 Å². The van der Waals surface area contributed by atoms with Gasteiger partial charge in [-0.2, -0.15) is 0 Å². The molecule has 0 amide bonds. The van der Waals surface area contributed by atoms with Crippen molar-refractivity contribution in [1.82, 2.24) is 15.0 Å². The molecule has 3 aromatic rings. The largest absolute Gasteiger partial charge is 0.478 e. The van der Waals surface area contributed by atoms with Crippen LogP contribution in [0.3, 0.4) is 0 Å². The zero-order chi connectivity index (χ0) is 15.0. The first kappa shape index (κ1) is 13.6. The van der Waals surface area contributed by atoms with Crippen LogP contribution in [0.5, 0.6) is 0 Å². The first-order chi connectivity index (χ1) is 10.1. The molecule has 0 fully saturated rings. The predicted molar refractivity (Wildman–Crippen MR) is 81.7 cm³/mol. The van der Waals surface area contributed by atoms with E-state index in [-0.39, 0.29) is 11.5 Å². The van der Waals surface area contributed by atoms with Gasteiger partial charge in [0.1, 0.15) is 0 Å². The van der Waals surface area contributed by atoms with Gasteiger partial charge in [0.2, 0.25) is 0 Å². The highest BCUT2D eigenvalue weighted by Crippen LogP contribution is 2.25. The van der Waals surface area contributed by atoms with E-state index in [0.717, 1.165) is 15.8 Å². The van der Waals surface area contributed by atoms with Gasteiger partial charge in [-0.3, -0.25) is 4.98 Å². The normalized spacial score (nSPS) is 11.2. The van der Waals surface area contributed by atoms with Gasteiger partial charge in [-0.05, 0) is 23.4 Å². The van der Waals surface area contributed by atoms with E-state index in [1.165, 1.54) is 6.20 Å². The zero-order valence-electron chi connectivity index (χ0n) is 11.6. The van der Waals surface area contributed by atoms with Gasteiger partial charge in [0.25, 0.3) is 0 Å². The fourth-order valence-electron chi connectivity index (χ4n) is 2.11. The molecular weight excluding hydrogens is 286 g/mol. The maximum absolute atomic E-state index is 11.2. The van der Waals surface area contributed by atoms with Crippen LogP contribution in [0.25, 0.3) is 21.6 Å². The first-order valence-electron chi connectivity index (χ1n) is 6.50. The number of hydrogen-bond acceptors (Lipinski definition) is 5. The van der Waals surface area contributed by atoms with E-state index in [1.54, 1.807) is 17.5 Å². The number of aromatic nitrogens is 3. The lowest BCUT2D eigenvalue weighted by Crippen LogP contribution is -2.08.